The fraction of sp³-hybridized carbons (Fsp3) is 0.355. The lowest BCUT2D eigenvalue weighted by Gasteiger charge is -2.42. The van der Waals surface area contributed by atoms with Crippen molar-refractivity contribution in [2.75, 3.05) is 19.6 Å². The van der Waals surface area contributed by atoms with E-state index < -0.39 is 17.1 Å². The third-order valence-corrected chi connectivity index (χ3v) is 7.89. The van der Waals surface area contributed by atoms with Gasteiger partial charge in [-0.1, -0.05) is 41.9 Å². The molecular formula is C31H32ClN3O3. The van der Waals surface area contributed by atoms with Gasteiger partial charge in [0.1, 0.15) is 18.0 Å². The highest BCUT2D eigenvalue weighted by Gasteiger charge is 2.43. The van der Waals surface area contributed by atoms with Crippen LogP contribution in [0.15, 0.2) is 66.9 Å². The van der Waals surface area contributed by atoms with Crippen LogP contribution in [0.25, 0.3) is 5.57 Å². The number of halogens is 1. The number of benzene rings is 2. The molecule has 196 valence electrons. The Hall–Kier alpha value is -3.21. The van der Waals surface area contributed by atoms with E-state index in [0.29, 0.717) is 31.1 Å². The van der Waals surface area contributed by atoms with Gasteiger partial charge in [0, 0.05) is 42.0 Å². The van der Waals surface area contributed by atoms with Crippen LogP contribution in [-0.2, 0) is 17.8 Å². The number of hydrogen-bond donors (Lipinski definition) is 2. The summed E-state index contributed by atoms with van der Waals surface area (Å²) in [4.78, 5) is 6.79. The number of aliphatic hydroxyl groups is 2. The van der Waals surface area contributed by atoms with E-state index in [-0.39, 0.29) is 0 Å². The minimum Gasteiger partial charge on any atom is -0.487 e. The molecule has 3 aromatic rings. The van der Waals surface area contributed by atoms with E-state index in [2.05, 4.69) is 28.1 Å². The van der Waals surface area contributed by atoms with Crippen LogP contribution in [0.5, 0.6) is 5.75 Å². The molecule has 0 radical (unpaired) electrons. The zero-order valence-electron chi connectivity index (χ0n) is 21.7. The average Bonchev–Trinajstić information content (AvgIpc) is 3.06. The number of nitriles is 1. The maximum absolute atomic E-state index is 11.4. The monoisotopic (exact) mass is 529 g/mol. The second-order valence-electron chi connectivity index (χ2n) is 10.6. The molecular weight excluding hydrogens is 498 g/mol. The number of aromatic nitrogens is 1. The molecule has 3 heterocycles. The summed E-state index contributed by atoms with van der Waals surface area (Å²) in [5, 5.41) is 32.6. The molecule has 0 aliphatic carbocycles. The molecule has 7 heteroatoms. The Labute approximate surface area is 228 Å². The molecule has 0 bridgehead atoms. The van der Waals surface area contributed by atoms with Gasteiger partial charge in [-0.3, -0.25) is 4.98 Å². The molecule has 2 unspecified atom stereocenters. The molecule has 38 heavy (non-hydrogen) atoms. The Morgan fingerprint density at radius 2 is 2.00 bits per heavy atom. The molecule has 5 rings (SSSR count). The van der Waals surface area contributed by atoms with Crippen LogP contribution < -0.4 is 4.74 Å². The molecule has 1 fully saturated rings. The maximum atomic E-state index is 11.4. The van der Waals surface area contributed by atoms with Crippen LogP contribution in [0.3, 0.4) is 0 Å². The summed E-state index contributed by atoms with van der Waals surface area (Å²) in [7, 11) is 0. The fourth-order valence-electron chi connectivity index (χ4n) is 5.39. The van der Waals surface area contributed by atoms with E-state index in [0.717, 1.165) is 52.2 Å². The van der Waals surface area contributed by atoms with Crippen molar-refractivity contribution < 1.29 is 14.9 Å². The van der Waals surface area contributed by atoms with Crippen LogP contribution >= 0.6 is 11.6 Å². The summed E-state index contributed by atoms with van der Waals surface area (Å²) < 4.78 is 6.10. The standard InChI is InChI=1S/C31H32ClN3O3/c1-30(2,36)22-9-12-29-27(17-22)25(26-5-3-14-34-28(26)20-38-29)6-4-15-35-16-13-31(37,23(18-33)19-35)21-7-10-24(32)11-8-21/h3,5-12,14,17,23,36-37H,4,13,15-16,19-20H2,1-2H3/b25-6+. The summed E-state index contributed by atoms with van der Waals surface area (Å²) in [6.45, 7) is 5.84. The van der Waals surface area contributed by atoms with Crippen molar-refractivity contribution in [1.29, 1.82) is 5.26 Å². The first-order valence-corrected chi connectivity index (χ1v) is 13.3. The van der Waals surface area contributed by atoms with E-state index >= 15 is 0 Å². The topological polar surface area (TPSA) is 89.6 Å². The van der Waals surface area contributed by atoms with Gasteiger partial charge < -0.3 is 19.8 Å². The number of nitrogens with zero attached hydrogens (tertiary/aromatic N) is 3. The molecule has 2 aliphatic rings. The summed E-state index contributed by atoms with van der Waals surface area (Å²) in [5.74, 6) is 0.217. The van der Waals surface area contributed by atoms with Crippen LogP contribution in [0.2, 0.25) is 5.02 Å². The van der Waals surface area contributed by atoms with E-state index in [1.54, 1.807) is 32.2 Å². The average molecular weight is 530 g/mol. The van der Waals surface area contributed by atoms with Gasteiger partial charge in [0.25, 0.3) is 0 Å². The maximum Gasteiger partial charge on any atom is 0.131 e. The summed E-state index contributed by atoms with van der Waals surface area (Å²) in [5.41, 5.74) is 3.22. The predicted octanol–water partition coefficient (Wildman–Crippen LogP) is 5.41. The van der Waals surface area contributed by atoms with Crippen molar-refractivity contribution in [3.8, 4) is 11.8 Å². The normalized spacial score (nSPS) is 22.6. The third-order valence-electron chi connectivity index (χ3n) is 7.64. The molecule has 0 spiro atoms. The van der Waals surface area contributed by atoms with Gasteiger partial charge in [0.15, 0.2) is 0 Å². The highest BCUT2D eigenvalue weighted by molar-refractivity contribution is 6.30. The lowest BCUT2D eigenvalue weighted by atomic mass is 9.76. The minimum absolute atomic E-state index is 0.377. The van der Waals surface area contributed by atoms with Crippen molar-refractivity contribution in [2.24, 2.45) is 5.92 Å². The first kappa shape index (κ1) is 26.4. The number of rotatable bonds is 5. The Morgan fingerprint density at radius 3 is 2.74 bits per heavy atom. The molecule has 1 aromatic heterocycles. The van der Waals surface area contributed by atoms with E-state index in [1.165, 1.54) is 0 Å². The van der Waals surface area contributed by atoms with Gasteiger partial charge in [-0.25, -0.2) is 0 Å². The molecule has 0 saturated carbocycles. The van der Waals surface area contributed by atoms with Crippen molar-refractivity contribution in [1.82, 2.24) is 9.88 Å². The summed E-state index contributed by atoms with van der Waals surface area (Å²) >= 11 is 6.03. The van der Waals surface area contributed by atoms with E-state index in [9.17, 15) is 15.5 Å². The molecule has 0 amide bonds. The molecule has 6 nitrogen and oxygen atoms in total. The third kappa shape index (κ3) is 5.21. The van der Waals surface area contributed by atoms with Gasteiger partial charge in [-0.15, -0.1) is 0 Å². The predicted molar refractivity (Wildman–Crippen MR) is 147 cm³/mol. The Kier molecular flexibility index (Phi) is 7.30. The first-order valence-electron chi connectivity index (χ1n) is 12.9. The van der Waals surface area contributed by atoms with Crippen LogP contribution in [0.4, 0.5) is 0 Å². The number of likely N-dealkylation sites (tertiary alicyclic amines) is 1. The zero-order chi connectivity index (χ0) is 26.9. The number of piperidine rings is 1. The summed E-state index contributed by atoms with van der Waals surface area (Å²) in [6, 6.07) is 19.3. The molecule has 2 atom stereocenters. The quantitative estimate of drug-likeness (QED) is 0.459. The Balaban J connectivity index is 1.39. The Bertz CT molecular complexity index is 1390. The van der Waals surface area contributed by atoms with Crippen molar-refractivity contribution in [2.45, 2.75) is 44.5 Å². The number of pyridine rings is 1. The van der Waals surface area contributed by atoms with Crippen molar-refractivity contribution in [3.05, 3.63) is 99.8 Å². The van der Waals surface area contributed by atoms with Crippen molar-refractivity contribution in [3.63, 3.8) is 0 Å². The number of ether oxygens (including phenoxy) is 1. The van der Waals surface area contributed by atoms with Crippen LogP contribution in [-0.4, -0.2) is 39.7 Å². The SMILES string of the molecule is CC(C)(O)c1ccc2c(c1)/C(=C/CCN1CCC(O)(c3ccc(Cl)cc3)C(C#N)C1)c1cccnc1CO2. The molecule has 2 aromatic carbocycles. The van der Waals surface area contributed by atoms with Crippen LogP contribution in [0.1, 0.15) is 54.6 Å². The second-order valence-corrected chi connectivity index (χ2v) is 11.1. The first-order chi connectivity index (χ1) is 18.2. The molecule has 2 N–H and O–H groups in total. The largest absolute Gasteiger partial charge is 0.487 e. The highest BCUT2D eigenvalue weighted by Crippen LogP contribution is 2.40. The number of hydrogen-bond acceptors (Lipinski definition) is 6. The van der Waals surface area contributed by atoms with Crippen LogP contribution in [0, 0.1) is 17.2 Å². The molecule has 2 aliphatic heterocycles. The zero-order valence-corrected chi connectivity index (χ0v) is 22.4. The van der Waals surface area contributed by atoms with Crippen molar-refractivity contribution >= 4 is 17.2 Å². The van der Waals surface area contributed by atoms with Gasteiger partial charge in [-0.2, -0.15) is 5.26 Å². The molecule has 1 saturated heterocycles. The second kappa shape index (κ2) is 10.5. The fourth-order valence-corrected chi connectivity index (χ4v) is 5.51. The Morgan fingerprint density at radius 1 is 1.21 bits per heavy atom. The summed E-state index contributed by atoms with van der Waals surface area (Å²) in [6.07, 6.45) is 5.19. The smallest absolute Gasteiger partial charge is 0.131 e. The lowest BCUT2D eigenvalue weighted by molar-refractivity contribution is -0.0567. The van der Waals surface area contributed by atoms with E-state index in [1.807, 2.05) is 36.4 Å². The highest BCUT2D eigenvalue weighted by atomic mass is 35.5. The van der Waals surface area contributed by atoms with Gasteiger partial charge >= 0.3 is 0 Å². The van der Waals surface area contributed by atoms with Gasteiger partial charge in [-0.05, 0) is 73.7 Å². The number of fused-ring (bicyclic) bond motifs is 2. The lowest BCUT2D eigenvalue weighted by Crippen LogP contribution is -2.49. The minimum atomic E-state index is -1.19. The van der Waals surface area contributed by atoms with E-state index in [4.69, 9.17) is 16.3 Å². The van der Waals surface area contributed by atoms with Gasteiger partial charge in [0.2, 0.25) is 0 Å². The van der Waals surface area contributed by atoms with Gasteiger partial charge in [0.05, 0.1) is 23.3 Å².